The van der Waals surface area contributed by atoms with Crippen LogP contribution >= 0.6 is 11.8 Å². The van der Waals surface area contributed by atoms with Crippen LogP contribution in [0.1, 0.15) is 19.3 Å². The van der Waals surface area contributed by atoms with E-state index in [-0.39, 0.29) is 4.75 Å². The van der Waals surface area contributed by atoms with E-state index in [0.717, 1.165) is 56.4 Å². The molecule has 1 fully saturated rings. The molecule has 1 saturated heterocycles. The normalized spacial score (nSPS) is 17.0. The number of hydrogen-bond donors (Lipinski definition) is 2. The summed E-state index contributed by atoms with van der Waals surface area (Å²) < 4.78 is 16.5. The Morgan fingerprint density at radius 2 is 2.12 bits per heavy atom. The lowest BCUT2D eigenvalue weighted by molar-refractivity contribution is 0.0783. The Kier molecular flexibility index (Phi) is 9.08. The van der Waals surface area contributed by atoms with Gasteiger partial charge < -0.3 is 24.8 Å². The fraction of sp³-hybridized carbons (Fsp3) is 0.632. The zero-order valence-electron chi connectivity index (χ0n) is 16.0. The number of ether oxygens (including phenoxy) is 3. The Morgan fingerprint density at radius 3 is 2.81 bits per heavy atom. The van der Waals surface area contributed by atoms with Gasteiger partial charge in [-0.05, 0) is 31.2 Å². The first-order chi connectivity index (χ1) is 12.7. The summed E-state index contributed by atoms with van der Waals surface area (Å²) in [5.74, 6) is 1.60. The van der Waals surface area contributed by atoms with Gasteiger partial charge in [-0.2, -0.15) is 11.8 Å². The van der Waals surface area contributed by atoms with Crippen LogP contribution in [0.2, 0.25) is 0 Å². The number of hydrogen-bond acceptors (Lipinski definition) is 5. The second kappa shape index (κ2) is 11.3. The van der Waals surface area contributed by atoms with Crippen LogP contribution in [0.15, 0.2) is 29.3 Å². The summed E-state index contributed by atoms with van der Waals surface area (Å²) in [6.45, 7) is 3.87. The molecule has 0 aliphatic carbocycles. The van der Waals surface area contributed by atoms with Crippen molar-refractivity contribution in [1.82, 2.24) is 5.32 Å². The highest BCUT2D eigenvalue weighted by Crippen LogP contribution is 2.33. The predicted octanol–water partition coefficient (Wildman–Crippen LogP) is 3.00. The molecule has 0 saturated carbocycles. The highest BCUT2D eigenvalue weighted by molar-refractivity contribution is 8.00. The van der Waals surface area contributed by atoms with Gasteiger partial charge in [0.2, 0.25) is 0 Å². The number of nitrogens with zero attached hydrogens (tertiary/aromatic N) is 1. The van der Waals surface area contributed by atoms with E-state index in [2.05, 4.69) is 21.9 Å². The van der Waals surface area contributed by atoms with E-state index in [4.69, 9.17) is 14.2 Å². The molecule has 1 aromatic carbocycles. The van der Waals surface area contributed by atoms with Crippen molar-refractivity contribution in [2.45, 2.75) is 24.0 Å². The summed E-state index contributed by atoms with van der Waals surface area (Å²) in [6, 6.07) is 7.92. The van der Waals surface area contributed by atoms with Gasteiger partial charge in [-0.3, -0.25) is 4.99 Å². The number of methoxy groups -OCH3 is 1. The molecule has 0 spiro atoms. The first-order valence-electron chi connectivity index (χ1n) is 9.04. The fourth-order valence-electron chi connectivity index (χ4n) is 2.81. The molecule has 146 valence electrons. The zero-order chi connectivity index (χ0) is 18.7. The van der Waals surface area contributed by atoms with Gasteiger partial charge in [-0.25, -0.2) is 0 Å². The quantitative estimate of drug-likeness (QED) is 0.389. The lowest BCUT2D eigenvalue weighted by Crippen LogP contribution is -2.45. The summed E-state index contributed by atoms with van der Waals surface area (Å²) in [5.41, 5.74) is 0.951. The van der Waals surface area contributed by atoms with E-state index in [0.29, 0.717) is 13.2 Å². The number of rotatable bonds is 9. The highest BCUT2D eigenvalue weighted by atomic mass is 32.2. The Balaban J connectivity index is 1.87. The third-order valence-electron chi connectivity index (χ3n) is 4.50. The molecule has 0 unspecified atom stereocenters. The smallest absolute Gasteiger partial charge is 0.195 e. The molecule has 1 heterocycles. The standard InChI is InChI=1S/C19H31N3O3S/c1-20-18(21-15-19(26-3)8-12-24-13-9-19)22-16-6-4-7-17(14-16)25-11-5-10-23-2/h4,6-7,14H,5,8-13,15H2,1-3H3,(H2,20,21,22). The summed E-state index contributed by atoms with van der Waals surface area (Å²) in [5, 5.41) is 6.81. The average Bonchev–Trinajstić information content (AvgIpc) is 2.69. The van der Waals surface area contributed by atoms with Gasteiger partial charge in [0.25, 0.3) is 0 Å². The Hall–Kier alpha value is -1.44. The van der Waals surface area contributed by atoms with Gasteiger partial charge in [-0.15, -0.1) is 0 Å². The molecule has 0 atom stereocenters. The summed E-state index contributed by atoms with van der Waals surface area (Å²) in [6.07, 6.45) is 5.16. The minimum absolute atomic E-state index is 0.210. The summed E-state index contributed by atoms with van der Waals surface area (Å²) >= 11 is 1.91. The monoisotopic (exact) mass is 381 g/mol. The molecule has 0 aromatic heterocycles. The van der Waals surface area contributed by atoms with E-state index in [1.54, 1.807) is 14.2 Å². The van der Waals surface area contributed by atoms with Crippen molar-refractivity contribution in [3.8, 4) is 5.75 Å². The topological polar surface area (TPSA) is 64.1 Å². The van der Waals surface area contributed by atoms with Gasteiger partial charge in [0, 0.05) is 63.4 Å². The minimum Gasteiger partial charge on any atom is -0.493 e. The molecule has 1 aromatic rings. The highest BCUT2D eigenvalue weighted by Gasteiger charge is 2.31. The van der Waals surface area contributed by atoms with Crippen LogP contribution in [0.25, 0.3) is 0 Å². The summed E-state index contributed by atoms with van der Waals surface area (Å²) in [7, 11) is 3.49. The van der Waals surface area contributed by atoms with Crippen molar-refractivity contribution in [3.63, 3.8) is 0 Å². The lowest BCUT2D eigenvalue weighted by Gasteiger charge is -2.36. The molecule has 0 radical (unpaired) electrons. The average molecular weight is 382 g/mol. The van der Waals surface area contributed by atoms with E-state index < -0.39 is 0 Å². The second-order valence-corrected chi connectivity index (χ2v) is 7.55. The van der Waals surface area contributed by atoms with Gasteiger partial charge in [0.1, 0.15) is 5.75 Å². The molecule has 1 aliphatic heterocycles. The van der Waals surface area contributed by atoms with Crippen LogP contribution in [0.4, 0.5) is 5.69 Å². The van der Waals surface area contributed by atoms with Crippen molar-refractivity contribution >= 4 is 23.4 Å². The van der Waals surface area contributed by atoms with Crippen molar-refractivity contribution in [2.24, 2.45) is 4.99 Å². The Bertz CT molecular complexity index is 563. The molecule has 1 aliphatic rings. The molecule has 0 bridgehead atoms. The Morgan fingerprint density at radius 1 is 1.31 bits per heavy atom. The Labute approximate surface area is 161 Å². The van der Waals surface area contributed by atoms with Gasteiger partial charge in [0.05, 0.1) is 6.61 Å². The van der Waals surface area contributed by atoms with Crippen LogP contribution < -0.4 is 15.4 Å². The van der Waals surface area contributed by atoms with Crippen molar-refractivity contribution < 1.29 is 14.2 Å². The van der Waals surface area contributed by atoms with Crippen LogP contribution in [-0.2, 0) is 9.47 Å². The number of anilines is 1. The minimum atomic E-state index is 0.210. The first kappa shape index (κ1) is 20.9. The van der Waals surface area contributed by atoms with Crippen LogP contribution in [0.3, 0.4) is 0 Å². The third kappa shape index (κ3) is 6.70. The zero-order valence-corrected chi connectivity index (χ0v) is 16.9. The fourth-order valence-corrected chi connectivity index (χ4v) is 3.61. The maximum Gasteiger partial charge on any atom is 0.195 e. The second-order valence-electron chi connectivity index (χ2n) is 6.27. The van der Waals surface area contributed by atoms with Crippen molar-refractivity contribution in [3.05, 3.63) is 24.3 Å². The van der Waals surface area contributed by atoms with Gasteiger partial charge in [0.15, 0.2) is 5.96 Å². The third-order valence-corrected chi connectivity index (χ3v) is 5.92. The molecular weight excluding hydrogens is 350 g/mol. The molecule has 2 rings (SSSR count). The predicted molar refractivity (Wildman–Crippen MR) is 110 cm³/mol. The molecule has 26 heavy (non-hydrogen) atoms. The van der Waals surface area contributed by atoms with Crippen molar-refractivity contribution in [2.75, 3.05) is 58.7 Å². The van der Waals surface area contributed by atoms with Crippen molar-refractivity contribution in [1.29, 1.82) is 0 Å². The maximum absolute atomic E-state index is 5.76. The molecular formula is C19H31N3O3S. The summed E-state index contributed by atoms with van der Waals surface area (Å²) in [4.78, 5) is 4.35. The molecule has 0 amide bonds. The largest absolute Gasteiger partial charge is 0.493 e. The number of benzene rings is 1. The SMILES string of the molecule is CN=C(NCC1(SC)CCOCC1)Nc1cccc(OCCCOC)c1. The molecule has 2 N–H and O–H groups in total. The van der Waals surface area contributed by atoms with E-state index in [1.807, 2.05) is 36.0 Å². The molecule has 7 heteroatoms. The van der Waals surface area contributed by atoms with E-state index >= 15 is 0 Å². The van der Waals surface area contributed by atoms with Crippen LogP contribution in [0.5, 0.6) is 5.75 Å². The number of aliphatic imine (C=N–C) groups is 1. The van der Waals surface area contributed by atoms with Crippen LogP contribution in [0, 0.1) is 0 Å². The number of guanidine groups is 1. The first-order valence-corrected chi connectivity index (χ1v) is 10.3. The number of thioether (sulfide) groups is 1. The van der Waals surface area contributed by atoms with Gasteiger partial charge >= 0.3 is 0 Å². The van der Waals surface area contributed by atoms with Gasteiger partial charge in [-0.1, -0.05) is 6.07 Å². The number of nitrogens with one attached hydrogen (secondary N) is 2. The van der Waals surface area contributed by atoms with Crippen LogP contribution in [-0.4, -0.2) is 64.1 Å². The van der Waals surface area contributed by atoms with E-state index in [9.17, 15) is 0 Å². The van der Waals surface area contributed by atoms with E-state index in [1.165, 1.54) is 0 Å². The molecule has 6 nitrogen and oxygen atoms in total. The lowest BCUT2D eigenvalue weighted by atomic mass is 9.99. The maximum atomic E-state index is 5.76.